The number of hydrogen-bond acceptors (Lipinski definition) is 3. The molecule has 2 aliphatic rings. The minimum Gasteiger partial charge on any atom is -0.378 e. The third-order valence-corrected chi connectivity index (χ3v) is 5.00. The highest BCUT2D eigenvalue weighted by molar-refractivity contribution is 4.94. The SMILES string of the molecule is CCC(CC)C(NC)C1CCOC2(CCOC2)C1. The summed E-state index contributed by atoms with van der Waals surface area (Å²) in [5.41, 5.74) is 0.0457. The summed E-state index contributed by atoms with van der Waals surface area (Å²) >= 11 is 0. The largest absolute Gasteiger partial charge is 0.378 e. The topological polar surface area (TPSA) is 30.5 Å². The van der Waals surface area contributed by atoms with Gasteiger partial charge in [-0.2, -0.15) is 0 Å². The fourth-order valence-corrected chi connectivity index (χ4v) is 3.89. The van der Waals surface area contributed by atoms with Crippen molar-refractivity contribution in [3.8, 4) is 0 Å². The van der Waals surface area contributed by atoms with E-state index >= 15 is 0 Å². The zero-order chi connectivity index (χ0) is 13.0. The molecule has 106 valence electrons. The first-order valence-corrected chi connectivity index (χ1v) is 7.63. The lowest BCUT2D eigenvalue weighted by Crippen LogP contribution is -2.49. The van der Waals surface area contributed by atoms with Crippen LogP contribution in [-0.4, -0.2) is 38.5 Å². The van der Waals surface area contributed by atoms with Gasteiger partial charge in [-0.25, -0.2) is 0 Å². The standard InChI is InChI=1S/C15H29NO2/c1-4-12(5-2)14(16-3)13-6-8-18-15(10-13)7-9-17-11-15/h12-14,16H,4-11H2,1-3H3. The lowest BCUT2D eigenvalue weighted by Gasteiger charge is -2.42. The first-order valence-electron chi connectivity index (χ1n) is 7.63. The van der Waals surface area contributed by atoms with E-state index in [0.717, 1.165) is 38.1 Å². The quantitative estimate of drug-likeness (QED) is 0.819. The van der Waals surface area contributed by atoms with Crippen LogP contribution in [0.2, 0.25) is 0 Å². The van der Waals surface area contributed by atoms with E-state index in [-0.39, 0.29) is 5.60 Å². The Labute approximate surface area is 112 Å². The summed E-state index contributed by atoms with van der Waals surface area (Å²) in [6, 6.07) is 0.640. The van der Waals surface area contributed by atoms with E-state index in [0.29, 0.717) is 6.04 Å². The molecule has 2 rings (SSSR count). The van der Waals surface area contributed by atoms with Crippen LogP contribution in [0.3, 0.4) is 0 Å². The van der Waals surface area contributed by atoms with E-state index in [1.165, 1.54) is 25.7 Å². The Bertz CT molecular complexity index is 247. The third-order valence-electron chi connectivity index (χ3n) is 5.00. The predicted octanol–water partition coefficient (Wildman–Crippen LogP) is 2.60. The molecule has 3 heteroatoms. The van der Waals surface area contributed by atoms with Crippen LogP contribution in [0.4, 0.5) is 0 Å². The average Bonchev–Trinajstić information content (AvgIpc) is 2.83. The summed E-state index contributed by atoms with van der Waals surface area (Å²) in [6.45, 7) is 7.22. The molecule has 2 aliphatic heterocycles. The van der Waals surface area contributed by atoms with Gasteiger partial charge in [-0.15, -0.1) is 0 Å². The molecular formula is C15H29NO2. The molecule has 0 bridgehead atoms. The highest BCUT2D eigenvalue weighted by Crippen LogP contribution is 2.39. The Balaban J connectivity index is 2.01. The van der Waals surface area contributed by atoms with Crippen molar-refractivity contribution in [1.82, 2.24) is 5.32 Å². The van der Waals surface area contributed by atoms with Crippen LogP contribution in [0, 0.1) is 11.8 Å². The number of hydrogen-bond donors (Lipinski definition) is 1. The van der Waals surface area contributed by atoms with Gasteiger partial charge in [0, 0.05) is 25.7 Å². The number of rotatable bonds is 5. The van der Waals surface area contributed by atoms with Crippen molar-refractivity contribution in [2.45, 2.75) is 57.6 Å². The van der Waals surface area contributed by atoms with Gasteiger partial charge in [0.15, 0.2) is 0 Å². The molecule has 1 N–H and O–H groups in total. The number of nitrogens with one attached hydrogen (secondary N) is 1. The summed E-state index contributed by atoms with van der Waals surface area (Å²) in [4.78, 5) is 0. The van der Waals surface area contributed by atoms with E-state index in [1.807, 2.05) is 0 Å². The average molecular weight is 255 g/mol. The maximum Gasteiger partial charge on any atom is 0.0939 e. The molecule has 2 fully saturated rings. The molecular weight excluding hydrogens is 226 g/mol. The third kappa shape index (κ3) is 2.89. The van der Waals surface area contributed by atoms with Crippen LogP contribution < -0.4 is 5.32 Å². The molecule has 3 nitrogen and oxygen atoms in total. The van der Waals surface area contributed by atoms with Gasteiger partial charge in [0.1, 0.15) is 0 Å². The second-order valence-corrected chi connectivity index (χ2v) is 5.98. The van der Waals surface area contributed by atoms with Crippen LogP contribution in [0.5, 0.6) is 0 Å². The molecule has 1 spiro atoms. The lowest BCUT2D eigenvalue weighted by atomic mass is 9.75. The van der Waals surface area contributed by atoms with Gasteiger partial charge in [0.25, 0.3) is 0 Å². The van der Waals surface area contributed by atoms with Crippen molar-refractivity contribution in [2.75, 3.05) is 26.9 Å². The van der Waals surface area contributed by atoms with Crippen molar-refractivity contribution >= 4 is 0 Å². The molecule has 0 amide bonds. The normalized spacial score (nSPS) is 34.3. The van der Waals surface area contributed by atoms with E-state index in [2.05, 4.69) is 26.2 Å². The molecule has 0 aromatic rings. The van der Waals surface area contributed by atoms with Gasteiger partial charge in [0.2, 0.25) is 0 Å². The van der Waals surface area contributed by atoms with Crippen molar-refractivity contribution in [1.29, 1.82) is 0 Å². The monoisotopic (exact) mass is 255 g/mol. The first-order chi connectivity index (χ1) is 8.74. The second kappa shape index (κ2) is 6.36. The Kier molecular flexibility index (Phi) is 5.05. The number of ether oxygens (including phenoxy) is 2. The van der Waals surface area contributed by atoms with Crippen molar-refractivity contribution < 1.29 is 9.47 Å². The Morgan fingerprint density at radius 3 is 2.61 bits per heavy atom. The molecule has 0 radical (unpaired) electrons. The van der Waals surface area contributed by atoms with Crippen molar-refractivity contribution in [3.63, 3.8) is 0 Å². The molecule has 18 heavy (non-hydrogen) atoms. The molecule has 0 aliphatic carbocycles. The lowest BCUT2D eigenvalue weighted by molar-refractivity contribution is -0.105. The predicted molar refractivity (Wildman–Crippen MR) is 73.8 cm³/mol. The van der Waals surface area contributed by atoms with Gasteiger partial charge >= 0.3 is 0 Å². The highest BCUT2D eigenvalue weighted by atomic mass is 16.6. The van der Waals surface area contributed by atoms with Gasteiger partial charge in [-0.1, -0.05) is 26.7 Å². The smallest absolute Gasteiger partial charge is 0.0939 e. The zero-order valence-corrected chi connectivity index (χ0v) is 12.2. The molecule has 0 aromatic carbocycles. The van der Waals surface area contributed by atoms with E-state index in [9.17, 15) is 0 Å². The summed E-state index contributed by atoms with van der Waals surface area (Å²) in [5, 5.41) is 3.58. The van der Waals surface area contributed by atoms with Crippen LogP contribution in [0.1, 0.15) is 46.0 Å². The maximum absolute atomic E-state index is 6.05. The highest BCUT2D eigenvalue weighted by Gasteiger charge is 2.43. The fraction of sp³-hybridized carbons (Fsp3) is 1.00. The zero-order valence-electron chi connectivity index (χ0n) is 12.2. The second-order valence-electron chi connectivity index (χ2n) is 5.98. The molecule has 2 heterocycles. The molecule has 3 unspecified atom stereocenters. The van der Waals surface area contributed by atoms with Gasteiger partial charge < -0.3 is 14.8 Å². The summed E-state index contributed by atoms with van der Waals surface area (Å²) in [6.07, 6.45) is 5.99. The van der Waals surface area contributed by atoms with Gasteiger partial charge in [-0.05, 0) is 31.7 Å². The Morgan fingerprint density at radius 2 is 2.06 bits per heavy atom. The Morgan fingerprint density at radius 1 is 1.28 bits per heavy atom. The summed E-state index contributed by atoms with van der Waals surface area (Å²) < 4.78 is 11.6. The van der Waals surface area contributed by atoms with Gasteiger partial charge in [0.05, 0.1) is 12.2 Å². The van der Waals surface area contributed by atoms with Crippen LogP contribution in [-0.2, 0) is 9.47 Å². The molecule has 3 atom stereocenters. The molecule has 2 saturated heterocycles. The Hall–Kier alpha value is -0.120. The van der Waals surface area contributed by atoms with Crippen LogP contribution >= 0.6 is 0 Å². The van der Waals surface area contributed by atoms with Crippen LogP contribution in [0.25, 0.3) is 0 Å². The van der Waals surface area contributed by atoms with Crippen molar-refractivity contribution in [3.05, 3.63) is 0 Å². The molecule has 0 aromatic heterocycles. The molecule has 0 saturated carbocycles. The minimum absolute atomic E-state index is 0.0457. The van der Waals surface area contributed by atoms with Gasteiger partial charge in [-0.3, -0.25) is 0 Å². The van der Waals surface area contributed by atoms with E-state index in [4.69, 9.17) is 9.47 Å². The van der Waals surface area contributed by atoms with E-state index < -0.39 is 0 Å². The minimum atomic E-state index is 0.0457. The van der Waals surface area contributed by atoms with E-state index in [1.54, 1.807) is 0 Å². The van der Waals surface area contributed by atoms with Crippen molar-refractivity contribution in [2.24, 2.45) is 11.8 Å². The fourth-order valence-electron chi connectivity index (χ4n) is 3.89. The summed E-state index contributed by atoms with van der Waals surface area (Å²) in [7, 11) is 2.12. The summed E-state index contributed by atoms with van der Waals surface area (Å²) in [5.74, 6) is 1.54. The maximum atomic E-state index is 6.05. The first kappa shape index (κ1) is 14.3. The van der Waals surface area contributed by atoms with Crippen LogP contribution in [0.15, 0.2) is 0 Å².